The van der Waals surface area contributed by atoms with Crippen molar-refractivity contribution >= 4 is 27.5 Å². The largest absolute Gasteiger partial charge is 0.315 e. The van der Waals surface area contributed by atoms with Gasteiger partial charge >= 0.3 is 0 Å². The average Bonchev–Trinajstić information content (AvgIpc) is 2.44. The number of rotatable bonds is 3. The Morgan fingerprint density at radius 1 is 1.18 bits per heavy atom. The van der Waals surface area contributed by atoms with Crippen LogP contribution in [0.2, 0.25) is 0 Å². The summed E-state index contributed by atoms with van der Waals surface area (Å²) in [6.07, 6.45) is 8.51. The van der Waals surface area contributed by atoms with Gasteiger partial charge in [0.25, 0.3) is 0 Å². The predicted octanol–water partition coefficient (Wildman–Crippen LogP) is 4.77. The molecule has 2 nitrogen and oxygen atoms in total. The molecule has 0 spiro atoms. The maximum absolute atomic E-state index is 12.8. The van der Waals surface area contributed by atoms with Crippen molar-refractivity contribution in [1.29, 1.82) is 0 Å². The second-order valence-electron chi connectivity index (χ2n) is 8.08. The number of para-hydroxylation sites is 1. The Bertz CT molecular complexity index is 570. The van der Waals surface area contributed by atoms with Gasteiger partial charge in [-0.3, -0.25) is 4.79 Å². The first-order chi connectivity index (χ1) is 10.5. The van der Waals surface area contributed by atoms with Crippen LogP contribution in [-0.2, 0) is 4.79 Å². The van der Waals surface area contributed by atoms with E-state index in [4.69, 9.17) is 0 Å². The average molecular weight is 362 g/mol. The predicted molar refractivity (Wildman–Crippen MR) is 93.2 cm³/mol. The lowest BCUT2D eigenvalue weighted by atomic mass is 9.48. The van der Waals surface area contributed by atoms with Gasteiger partial charge in [-0.25, -0.2) is 0 Å². The summed E-state index contributed by atoms with van der Waals surface area (Å²) in [7, 11) is 1.92. The highest BCUT2D eigenvalue weighted by molar-refractivity contribution is 9.10. The highest BCUT2D eigenvalue weighted by Crippen LogP contribution is 2.65. The van der Waals surface area contributed by atoms with Gasteiger partial charge in [-0.1, -0.05) is 34.1 Å². The molecular formula is C19H24BrNO. The van der Waals surface area contributed by atoms with Crippen LogP contribution in [0, 0.1) is 17.3 Å². The van der Waals surface area contributed by atoms with Crippen LogP contribution in [0.1, 0.15) is 44.9 Å². The minimum atomic E-state index is 0.258. The number of anilines is 1. The second kappa shape index (κ2) is 5.09. The molecule has 4 aliphatic carbocycles. The van der Waals surface area contributed by atoms with Crippen LogP contribution in [0.5, 0.6) is 0 Å². The normalized spacial score (nSPS) is 39.0. The van der Waals surface area contributed by atoms with E-state index in [9.17, 15) is 4.79 Å². The van der Waals surface area contributed by atoms with Crippen LogP contribution in [0.25, 0.3) is 0 Å². The van der Waals surface area contributed by atoms with E-state index in [1.54, 1.807) is 0 Å². The fraction of sp³-hybridized carbons (Fsp3) is 0.632. The van der Waals surface area contributed by atoms with Crippen LogP contribution in [0.3, 0.4) is 0 Å². The number of benzene rings is 1. The zero-order valence-electron chi connectivity index (χ0n) is 13.2. The molecule has 118 valence electrons. The molecule has 0 N–H and O–H groups in total. The Hall–Kier alpha value is -0.830. The summed E-state index contributed by atoms with van der Waals surface area (Å²) in [5.41, 5.74) is 1.26. The third kappa shape index (κ3) is 2.51. The molecule has 5 rings (SSSR count). The summed E-state index contributed by atoms with van der Waals surface area (Å²) < 4.78 is 0.336. The van der Waals surface area contributed by atoms with Crippen LogP contribution < -0.4 is 4.90 Å². The molecule has 0 aromatic heterocycles. The fourth-order valence-corrected chi connectivity index (χ4v) is 7.29. The van der Waals surface area contributed by atoms with Gasteiger partial charge < -0.3 is 4.90 Å². The summed E-state index contributed by atoms with van der Waals surface area (Å²) in [5, 5.41) is 0. The molecule has 1 aromatic carbocycles. The van der Waals surface area contributed by atoms with Crippen molar-refractivity contribution in [2.24, 2.45) is 17.3 Å². The first-order valence-electron chi connectivity index (χ1n) is 8.48. The second-order valence-corrected chi connectivity index (χ2v) is 9.76. The zero-order chi connectivity index (χ0) is 15.4. The molecule has 4 bridgehead atoms. The fourth-order valence-electron chi connectivity index (χ4n) is 5.78. The van der Waals surface area contributed by atoms with E-state index >= 15 is 0 Å². The molecular weight excluding hydrogens is 338 g/mol. The van der Waals surface area contributed by atoms with Crippen LogP contribution in [0.15, 0.2) is 30.3 Å². The van der Waals surface area contributed by atoms with Gasteiger partial charge in [0.1, 0.15) is 0 Å². The van der Waals surface area contributed by atoms with Gasteiger partial charge in [0.05, 0.1) is 0 Å². The van der Waals surface area contributed by atoms with Crippen molar-refractivity contribution < 1.29 is 4.79 Å². The monoisotopic (exact) mass is 361 g/mol. The standard InChI is InChI=1S/C19H24BrNO/c1-21(16-5-3-2-4-6-16)17(22)12-18-8-14-7-15(9-18)11-19(20,10-14)13-18/h2-6,14-15H,7-13H2,1H3. The first-order valence-corrected chi connectivity index (χ1v) is 9.27. The van der Waals surface area contributed by atoms with E-state index in [0.717, 1.165) is 23.9 Å². The number of alkyl halides is 1. The SMILES string of the molecule is CN(C(=O)CC12CC3CC(CC(Br)(C3)C1)C2)c1ccccc1. The lowest BCUT2D eigenvalue weighted by Gasteiger charge is -2.60. The van der Waals surface area contributed by atoms with E-state index in [0.29, 0.717) is 4.32 Å². The van der Waals surface area contributed by atoms with E-state index in [1.807, 2.05) is 42.3 Å². The van der Waals surface area contributed by atoms with E-state index < -0.39 is 0 Å². The van der Waals surface area contributed by atoms with Crippen LogP contribution in [0.4, 0.5) is 5.69 Å². The number of amides is 1. The molecule has 0 saturated heterocycles. The van der Waals surface area contributed by atoms with Crippen LogP contribution in [-0.4, -0.2) is 17.3 Å². The number of nitrogens with zero attached hydrogens (tertiary/aromatic N) is 1. The number of hydrogen-bond donors (Lipinski definition) is 0. The molecule has 0 heterocycles. The van der Waals surface area contributed by atoms with Crippen molar-refractivity contribution in [2.45, 2.75) is 49.3 Å². The third-order valence-electron chi connectivity index (χ3n) is 6.15. The molecule has 2 atom stereocenters. The molecule has 0 radical (unpaired) electrons. The summed E-state index contributed by atoms with van der Waals surface area (Å²) >= 11 is 4.04. The Kier molecular flexibility index (Phi) is 3.41. The number of hydrogen-bond acceptors (Lipinski definition) is 1. The maximum Gasteiger partial charge on any atom is 0.227 e. The van der Waals surface area contributed by atoms with Gasteiger partial charge in [0.15, 0.2) is 0 Å². The summed E-state index contributed by atoms with van der Waals surface area (Å²) in [6, 6.07) is 10.0. The van der Waals surface area contributed by atoms with Crippen molar-refractivity contribution in [3.63, 3.8) is 0 Å². The number of carbonyl (C=O) groups is 1. The van der Waals surface area contributed by atoms with Crippen LogP contribution >= 0.6 is 15.9 Å². The molecule has 3 heteroatoms. The smallest absolute Gasteiger partial charge is 0.227 e. The minimum absolute atomic E-state index is 0.258. The molecule has 4 aliphatic rings. The number of carbonyl (C=O) groups excluding carboxylic acids is 1. The van der Waals surface area contributed by atoms with Crippen molar-refractivity contribution in [1.82, 2.24) is 0 Å². The summed E-state index contributed by atoms with van der Waals surface area (Å²) in [6.45, 7) is 0. The maximum atomic E-state index is 12.8. The van der Waals surface area contributed by atoms with E-state index in [-0.39, 0.29) is 11.3 Å². The Morgan fingerprint density at radius 2 is 1.82 bits per heavy atom. The Labute approximate surface area is 141 Å². The first kappa shape index (κ1) is 14.7. The molecule has 1 amide bonds. The highest BCUT2D eigenvalue weighted by atomic mass is 79.9. The van der Waals surface area contributed by atoms with Gasteiger partial charge in [0, 0.05) is 23.5 Å². The van der Waals surface area contributed by atoms with Crippen molar-refractivity contribution in [3.05, 3.63) is 30.3 Å². The summed E-state index contributed by atoms with van der Waals surface area (Å²) in [5.74, 6) is 1.97. The van der Waals surface area contributed by atoms with Gasteiger partial charge in [-0.2, -0.15) is 0 Å². The number of halogens is 1. The minimum Gasteiger partial charge on any atom is -0.315 e. The molecule has 22 heavy (non-hydrogen) atoms. The van der Waals surface area contributed by atoms with Gasteiger partial charge in [0.2, 0.25) is 5.91 Å². The topological polar surface area (TPSA) is 20.3 Å². The van der Waals surface area contributed by atoms with Crippen molar-refractivity contribution in [3.8, 4) is 0 Å². The zero-order valence-corrected chi connectivity index (χ0v) is 14.8. The molecule has 1 aromatic rings. The Balaban J connectivity index is 1.52. The quantitative estimate of drug-likeness (QED) is 0.709. The van der Waals surface area contributed by atoms with Crippen molar-refractivity contribution in [2.75, 3.05) is 11.9 Å². The van der Waals surface area contributed by atoms with E-state index in [1.165, 1.54) is 38.5 Å². The third-order valence-corrected chi connectivity index (χ3v) is 7.08. The van der Waals surface area contributed by atoms with E-state index in [2.05, 4.69) is 15.9 Å². The van der Waals surface area contributed by atoms with Gasteiger partial charge in [-0.15, -0.1) is 0 Å². The molecule has 0 aliphatic heterocycles. The Morgan fingerprint density at radius 3 is 2.41 bits per heavy atom. The highest BCUT2D eigenvalue weighted by Gasteiger charge is 2.57. The summed E-state index contributed by atoms with van der Waals surface area (Å²) in [4.78, 5) is 14.7. The lowest BCUT2D eigenvalue weighted by molar-refractivity contribution is -0.125. The molecule has 4 saturated carbocycles. The molecule has 4 fully saturated rings. The lowest BCUT2D eigenvalue weighted by Crippen LogP contribution is -2.54. The van der Waals surface area contributed by atoms with Gasteiger partial charge in [-0.05, 0) is 67.9 Å². The molecule has 2 unspecified atom stereocenters.